The maximum Gasteiger partial charge on any atom is 0.282 e. The van der Waals surface area contributed by atoms with Crippen molar-refractivity contribution < 1.29 is 18.5 Å². The second-order valence-electron chi connectivity index (χ2n) is 4.00. The number of halogens is 3. The van der Waals surface area contributed by atoms with Crippen molar-refractivity contribution in [3.8, 4) is 0 Å². The van der Waals surface area contributed by atoms with E-state index in [9.17, 15) is 23.7 Å². The number of nitro groups is 1. The zero-order valence-electron chi connectivity index (χ0n) is 10.3. The van der Waals surface area contributed by atoms with Crippen molar-refractivity contribution in [2.24, 2.45) is 0 Å². The number of nitrogens with zero attached hydrogens (tertiary/aromatic N) is 1. The van der Waals surface area contributed by atoms with E-state index in [1.807, 2.05) is 0 Å². The lowest BCUT2D eigenvalue weighted by atomic mass is 10.1. The van der Waals surface area contributed by atoms with Gasteiger partial charge in [0.2, 0.25) is 0 Å². The molecule has 0 bridgehead atoms. The lowest BCUT2D eigenvalue weighted by Crippen LogP contribution is -2.15. The molecule has 0 spiro atoms. The van der Waals surface area contributed by atoms with Gasteiger partial charge in [-0.3, -0.25) is 14.9 Å². The molecule has 0 aliphatic carbocycles. The summed E-state index contributed by atoms with van der Waals surface area (Å²) in [5.41, 5.74) is -1.23. The van der Waals surface area contributed by atoms with Crippen LogP contribution in [-0.4, -0.2) is 10.8 Å². The monoisotopic (exact) mass is 356 g/mol. The minimum absolute atomic E-state index is 0.173. The molecule has 0 atom stereocenters. The molecule has 0 radical (unpaired) electrons. The van der Waals surface area contributed by atoms with Gasteiger partial charge in [-0.15, -0.1) is 0 Å². The van der Waals surface area contributed by atoms with Crippen LogP contribution < -0.4 is 5.32 Å². The van der Waals surface area contributed by atoms with Gasteiger partial charge in [0.1, 0.15) is 17.2 Å². The van der Waals surface area contributed by atoms with Crippen molar-refractivity contribution >= 4 is 33.2 Å². The Bertz CT molecular complexity index is 737. The van der Waals surface area contributed by atoms with Gasteiger partial charge in [-0.05, 0) is 30.3 Å². The van der Waals surface area contributed by atoms with Crippen LogP contribution in [-0.2, 0) is 0 Å². The van der Waals surface area contributed by atoms with E-state index in [4.69, 9.17) is 0 Å². The highest BCUT2D eigenvalue weighted by molar-refractivity contribution is 9.10. The van der Waals surface area contributed by atoms with Crippen LogP contribution in [0.5, 0.6) is 0 Å². The van der Waals surface area contributed by atoms with Gasteiger partial charge < -0.3 is 5.32 Å². The number of carbonyl (C=O) groups is 1. The predicted molar refractivity (Wildman–Crippen MR) is 75.1 cm³/mol. The first-order valence-electron chi connectivity index (χ1n) is 5.59. The van der Waals surface area contributed by atoms with E-state index in [-0.39, 0.29) is 5.69 Å². The maximum atomic E-state index is 13.5. The molecule has 1 amide bonds. The number of benzene rings is 2. The Balaban J connectivity index is 2.39. The lowest BCUT2D eigenvalue weighted by molar-refractivity contribution is -0.385. The average molecular weight is 357 g/mol. The highest BCUT2D eigenvalue weighted by atomic mass is 79.9. The average Bonchev–Trinajstić information content (AvgIpc) is 2.42. The first-order chi connectivity index (χ1) is 9.88. The molecule has 5 nitrogen and oxygen atoms in total. The molecule has 0 heterocycles. The molecule has 0 fully saturated rings. The minimum atomic E-state index is -0.974. The molecule has 0 aliphatic heterocycles. The molecule has 0 aromatic heterocycles. The number of nitrogens with one attached hydrogen (secondary N) is 1. The fraction of sp³-hybridized carbons (Fsp3) is 0. The molecule has 0 saturated carbocycles. The Kier molecular flexibility index (Phi) is 4.27. The van der Waals surface area contributed by atoms with Crippen LogP contribution in [0.4, 0.5) is 20.2 Å². The first-order valence-corrected chi connectivity index (χ1v) is 6.38. The largest absolute Gasteiger partial charge is 0.319 e. The number of anilines is 1. The quantitative estimate of drug-likeness (QED) is 0.669. The van der Waals surface area contributed by atoms with Crippen LogP contribution in [0.25, 0.3) is 0 Å². The predicted octanol–water partition coefficient (Wildman–Crippen LogP) is 3.89. The molecular weight excluding hydrogens is 350 g/mol. The molecule has 2 aromatic carbocycles. The Morgan fingerprint density at radius 2 is 1.90 bits per heavy atom. The second kappa shape index (κ2) is 5.96. The fourth-order valence-electron chi connectivity index (χ4n) is 1.63. The van der Waals surface area contributed by atoms with Crippen molar-refractivity contribution in [3.63, 3.8) is 0 Å². The summed E-state index contributed by atoms with van der Waals surface area (Å²) in [5, 5.41) is 13.0. The van der Waals surface area contributed by atoms with E-state index in [2.05, 4.69) is 21.2 Å². The SMILES string of the molecule is O=C(Nc1cc(Br)ccc1F)c1cc(F)ccc1[N+](=O)[O-]. The molecule has 2 aromatic rings. The van der Waals surface area contributed by atoms with Crippen molar-refractivity contribution in [3.05, 3.63) is 68.2 Å². The fourth-order valence-corrected chi connectivity index (χ4v) is 1.99. The van der Waals surface area contributed by atoms with E-state index in [1.165, 1.54) is 12.1 Å². The topological polar surface area (TPSA) is 72.2 Å². The molecule has 21 heavy (non-hydrogen) atoms. The van der Waals surface area contributed by atoms with Crippen LogP contribution in [0, 0.1) is 21.7 Å². The van der Waals surface area contributed by atoms with Gasteiger partial charge in [0, 0.05) is 10.5 Å². The normalized spacial score (nSPS) is 10.2. The van der Waals surface area contributed by atoms with Gasteiger partial charge in [0.05, 0.1) is 10.6 Å². The number of hydrogen-bond acceptors (Lipinski definition) is 3. The third-order valence-electron chi connectivity index (χ3n) is 2.58. The third-order valence-corrected chi connectivity index (χ3v) is 3.07. The van der Waals surface area contributed by atoms with Crippen molar-refractivity contribution in [2.75, 3.05) is 5.32 Å². The zero-order chi connectivity index (χ0) is 15.6. The summed E-state index contributed by atoms with van der Waals surface area (Å²) < 4.78 is 27.2. The molecular formula is C13H7BrF2N2O3. The smallest absolute Gasteiger partial charge is 0.282 e. The minimum Gasteiger partial charge on any atom is -0.319 e. The van der Waals surface area contributed by atoms with E-state index < -0.39 is 33.7 Å². The van der Waals surface area contributed by atoms with Crippen molar-refractivity contribution in [2.45, 2.75) is 0 Å². The van der Waals surface area contributed by atoms with Crippen LogP contribution >= 0.6 is 15.9 Å². The standard InChI is InChI=1S/C13H7BrF2N2O3/c14-7-1-3-10(16)11(5-7)17-13(19)9-6-8(15)2-4-12(9)18(20)21/h1-6H,(H,17,19). The first kappa shape index (κ1) is 15.0. The molecule has 1 N–H and O–H groups in total. The summed E-state index contributed by atoms with van der Waals surface area (Å²) in [5.74, 6) is -2.50. The summed E-state index contributed by atoms with van der Waals surface area (Å²) in [6.45, 7) is 0. The Hall–Kier alpha value is -2.35. The number of amides is 1. The zero-order valence-corrected chi connectivity index (χ0v) is 11.9. The van der Waals surface area contributed by atoms with Crippen LogP contribution in [0.15, 0.2) is 40.9 Å². The van der Waals surface area contributed by atoms with Crippen LogP contribution in [0.3, 0.4) is 0 Å². The molecule has 0 unspecified atom stereocenters. The van der Waals surface area contributed by atoms with Crippen molar-refractivity contribution in [1.82, 2.24) is 0 Å². The van der Waals surface area contributed by atoms with Crippen LogP contribution in [0.1, 0.15) is 10.4 Å². The number of nitro benzene ring substituents is 1. The lowest BCUT2D eigenvalue weighted by Gasteiger charge is -2.07. The third kappa shape index (κ3) is 3.40. The summed E-state index contributed by atoms with van der Waals surface area (Å²) in [6.07, 6.45) is 0. The van der Waals surface area contributed by atoms with Gasteiger partial charge in [0.25, 0.3) is 11.6 Å². The number of rotatable bonds is 3. The highest BCUT2D eigenvalue weighted by Gasteiger charge is 2.21. The molecule has 0 saturated heterocycles. The Morgan fingerprint density at radius 3 is 2.57 bits per heavy atom. The number of carbonyl (C=O) groups excluding carboxylic acids is 1. The molecule has 0 aliphatic rings. The van der Waals surface area contributed by atoms with E-state index in [1.54, 1.807) is 0 Å². The van der Waals surface area contributed by atoms with E-state index in [0.717, 1.165) is 24.3 Å². The second-order valence-corrected chi connectivity index (χ2v) is 4.91. The van der Waals surface area contributed by atoms with Gasteiger partial charge in [0.15, 0.2) is 0 Å². The maximum absolute atomic E-state index is 13.5. The van der Waals surface area contributed by atoms with Crippen molar-refractivity contribution in [1.29, 1.82) is 0 Å². The van der Waals surface area contributed by atoms with Crippen LogP contribution in [0.2, 0.25) is 0 Å². The highest BCUT2D eigenvalue weighted by Crippen LogP contribution is 2.24. The molecule has 8 heteroatoms. The molecule has 2 rings (SSSR count). The summed E-state index contributed by atoms with van der Waals surface area (Å²) >= 11 is 3.11. The molecule has 108 valence electrons. The van der Waals surface area contributed by atoms with Gasteiger partial charge in [-0.25, -0.2) is 8.78 Å². The Labute approximate surface area is 125 Å². The van der Waals surface area contributed by atoms with Gasteiger partial charge in [-0.2, -0.15) is 0 Å². The van der Waals surface area contributed by atoms with Gasteiger partial charge in [-0.1, -0.05) is 15.9 Å². The van der Waals surface area contributed by atoms with E-state index >= 15 is 0 Å². The summed E-state index contributed by atoms with van der Waals surface area (Å²) in [4.78, 5) is 22.0. The summed E-state index contributed by atoms with van der Waals surface area (Å²) in [7, 11) is 0. The Morgan fingerprint density at radius 1 is 1.19 bits per heavy atom. The van der Waals surface area contributed by atoms with Gasteiger partial charge >= 0.3 is 0 Å². The number of hydrogen-bond donors (Lipinski definition) is 1. The van der Waals surface area contributed by atoms with E-state index in [0.29, 0.717) is 4.47 Å². The summed E-state index contributed by atoms with van der Waals surface area (Å²) in [6, 6.07) is 6.30.